The molecule has 0 fully saturated rings. The highest BCUT2D eigenvalue weighted by atomic mass is 16.4. The second kappa shape index (κ2) is 5.29. The summed E-state index contributed by atoms with van der Waals surface area (Å²) < 4.78 is 0. The molecular weight excluding hydrogens is 206 g/mol. The summed E-state index contributed by atoms with van der Waals surface area (Å²) in [7, 11) is 0. The quantitative estimate of drug-likeness (QED) is 0.293. The van der Waals surface area contributed by atoms with E-state index in [1.807, 2.05) is 0 Å². The van der Waals surface area contributed by atoms with Crippen molar-refractivity contribution in [2.75, 3.05) is 6.61 Å². The Hall–Kier alpha value is -0.860. The van der Waals surface area contributed by atoms with Crippen molar-refractivity contribution in [1.82, 2.24) is 0 Å². The SMILES string of the molecule is CC(=O)[C@@](O)([C@@H](N)C=O)[C@@H](O)[C@H](O)CO. The molecule has 0 saturated carbocycles. The Morgan fingerprint density at radius 3 is 2.27 bits per heavy atom. The third-order valence-corrected chi connectivity index (χ3v) is 2.22. The van der Waals surface area contributed by atoms with Crippen molar-refractivity contribution in [3.8, 4) is 0 Å². The minimum absolute atomic E-state index is 0.0781. The van der Waals surface area contributed by atoms with Gasteiger partial charge in [0, 0.05) is 0 Å². The zero-order valence-corrected chi connectivity index (χ0v) is 8.20. The van der Waals surface area contributed by atoms with Gasteiger partial charge in [-0.15, -0.1) is 0 Å². The molecule has 0 unspecified atom stereocenters. The van der Waals surface area contributed by atoms with Gasteiger partial charge in [0.25, 0.3) is 0 Å². The summed E-state index contributed by atoms with van der Waals surface area (Å²) in [5.74, 6) is -0.970. The van der Waals surface area contributed by atoms with Crippen LogP contribution >= 0.6 is 0 Å². The lowest BCUT2D eigenvalue weighted by Crippen LogP contribution is -2.65. The molecule has 0 saturated heterocycles. The first kappa shape index (κ1) is 14.1. The number of aliphatic hydroxyl groups excluding tert-OH is 3. The molecular formula is C8H15NO6. The van der Waals surface area contributed by atoms with Crippen LogP contribution in [-0.4, -0.2) is 63.0 Å². The molecule has 6 N–H and O–H groups in total. The van der Waals surface area contributed by atoms with Crippen molar-refractivity contribution in [2.45, 2.75) is 30.8 Å². The molecule has 0 aromatic rings. The van der Waals surface area contributed by atoms with Gasteiger partial charge in [0.05, 0.1) is 12.6 Å². The van der Waals surface area contributed by atoms with E-state index in [1.165, 1.54) is 0 Å². The Morgan fingerprint density at radius 2 is 2.00 bits per heavy atom. The lowest BCUT2D eigenvalue weighted by Gasteiger charge is -2.34. The zero-order chi connectivity index (χ0) is 12.2. The number of aliphatic hydroxyl groups is 4. The maximum atomic E-state index is 11.1. The molecule has 4 atom stereocenters. The Labute approximate surface area is 86.1 Å². The molecule has 0 aromatic heterocycles. The van der Waals surface area contributed by atoms with Crippen LogP contribution in [-0.2, 0) is 9.59 Å². The van der Waals surface area contributed by atoms with E-state index in [0.717, 1.165) is 6.92 Å². The van der Waals surface area contributed by atoms with Gasteiger partial charge in [0.1, 0.15) is 18.5 Å². The minimum Gasteiger partial charge on any atom is -0.394 e. The van der Waals surface area contributed by atoms with Gasteiger partial charge in [0.15, 0.2) is 11.4 Å². The fourth-order valence-electron chi connectivity index (χ4n) is 1.14. The molecule has 7 nitrogen and oxygen atoms in total. The number of aldehydes is 1. The van der Waals surface area contributed by atoms with Gasteiger partial charge in [-0.25, -0.2) is 0 Å². The molecule has 0 aliphatic carbocycles. The number of rotatable bonds is 6. The molecule has 0 heterocycles. The minimum atomic E-state index is -2.59. The van der Waals surface area contributed by atoms with Crippen molar-refractivity contribution in [3.05, 3.63) is 0 Å². The second-order valence-electron chi connectivity index (χ2n) is 3.24. The largest absolute Gasteiger partial charge is 0.394 e. The number of Topliss-reactive ketones (excluding diaryl/α,β-unsaturated/α-hetero) is 1. The van der Waals surface area contributed by atoms with E-state index < -0.39 is 36.2 Å². The fourth-order valence-corrected chi connectivity index (χ4v) is 1.14. The molecule has 0 radical (unpaired) electrons. The smallest absolute Gasteiger partial charge is 0.172 e. The van der Waals surface area contributed by atoms with E-state index in [-0.39, 0.29) is 6.29 Å². The lowest BCUT2D eigenvalue weighted by molar-refractivity contribution is -0.169. The standard InChI is InChI=1S/C8H15NO6/c1-4(12)8(15,6(9)3-11)7(14)5(13)2-10/h3,5-7,10,13-15H,2,9H2,1H3/t5-,6+,7+,8-/m1/s1. The van der Waals surface area contributed by atoms with Gasteiger partial charge in [-0.1, -0.05) is 0 Å². The third-order valence-electron chi connectivity index (χ3n) is 2.22. The normalized spacial score (nSPS) is 21.2. The lowest BCUT2D eigenvalue weighted by atomic mass is 9.83. The first-order valence-electron chi connectivity index (χ1n) is 4.23. The van der Waals surface area contributed by atoms with Crippen LogP contribution in [0, 0.1) is 0 Å². The molecule has 88 valence electrons. The van der Waals surface area contributed by atoms with Crippen LogP contribution in [0.3, 0.4) is 0 Å². The Bertz CT molecular complexity index is 245. The number of ketones is 1. The second-order valence-corrected chi connectivity index (χ2v) is 3.24. The first-order valence-corrected chi connectivity index (χ1v) is 4.23. The molecule has 15 heavy (non-hydrogen) atoms. The van der Waals surface area contributed by atoms with Crippen LogP contribution in [0.25, 0.3) is 0 Å². The topological polar surface area (TPSA) is 141 Å². The van der Waals surface area contributed by atoms with Gasteiger partial charge in [-0.2, -0.15) is 0 Å². The van der Waals surface area contributed by atoms with Crippen LogP contribution in [0.1, 0.15) is 6.92 Å². The molecule has 0 bridgehead atoms. The van der Waals surface area contributed by atoms with Crippen LogP contribution in [0.5, 0.6) is 0 Å². The van der Waals surface area contributed by atoms with Gasteiger partial charge in [-0.05, 0) is 6.92 Å². The van der Waals surface area contributed by atoms with Gasteiger partial charge in [0.2, 0.25) is 0 Å². The molecule has 0 rings (SSSR count). The van der Waals surface area contributed by atoms with E-state index in [1.54, 1.807) is 0 Å². The van der Waals surface area contributed by atoms with Crippen LogP contribution < -0.4 is 5.73 Å². The Kier molecular flexibility index (Phi) is 4.98. The average molecular weight is 221 g/mol. The van der Waals surface area contributed by atoms with E-state index >= 15 is 0 Å². The van der Waals surface area contributed by atoms with Gasteiger partial charge >= 0.3 is 0 Å². The van der Waals surface area contributed by atoms with Crippen LogP contribution in [0.4, 0.5) is 0 Å². The van der Waals surface area contributed by atoms with E-state index in [9.17, 15) is 19.8 Å². The summed E-state index contributed by atoms with van der Waals surface area (Å²) in [6.45, 7) is 0.0407. The molecule has 0 aliphatic rings. The Morgan fingerprint density at radius 1 is 1.53 bits per heavy atom. The zero-order valence-electron chi connectivity index (χ0n) is 8.20. The summed E-state index contributed by atoms with van der Waals surface area (Å²) in [6.07, 6.45) is -3.71. The predicted molar refractivity (Wildman–Crippen MR) is 48.8 cm³/mol. The molecule has 7 heteroatoms. The predicted octanol–water partition coefficient (Wildman–Crippen LogP) is -3.45. The van der Waals surface area contributed by atoms with Crippen molar-refractivity contribution >= 4 is 12.1 Å². The molecule has 0 amide bonds. The van der Waals surface area contributed by atoms with Gasteiger partial charge in [-0.3, -0.25) is 4.79 Å². The molecule has 0 aromatic carbocycles. The van der Waals surface area contributed by atoms with Crippen molar-refractivity contribution < 1.29 is 30.0 Å². The molecule has 0 aliphatic heterocycles. The van der Waals surface area contributed by atoms with Crippen molar-refractivity contribution in [3.63, 3.8) is 0 Å². The monoisotopic (exact) mass is 221 g/mol. The summed E-state index contributed by atoms with van der Waals surface area (Å²) in [6, 6.07) is -1.67. The third kappa shape index (κ3) is 2.58. The Balaban J connectivity index is 5.10. The number of hydrogen-bond acceptors (Lipinski definition) is 7. The van der Waals surface area contributed by atoms with Crippen LogP contribution in [0.15, 0.2) is 0 Å². The number of carbonyl (C=O) groups excluding carboxylic acids is 2. The number of carbonyl (C=O) groups is 2. The van der Waals surface area contributed by atoms with Gasteiger partial charge < -0.3 is 31.0 Å². The highest BCUT2D eigenvalue weighted by Crippen LogP contribution is 2.18. The van der Waals surface area contributed by atoms with E-state index in [0.29, 0.717) is 0 Å². The van der Waals surface area contributed by atoms with Crippen molar-refractivity contribution in [1.29, 1.82) is 0 Å². The summed E-state index contributed by atoms with van der Waals surface area (Å²) in [5.41, 5.74) is 2.56. The number of nitrogens with two attached hydrogens (primary N) is 1. The maximum Gasteiger partial charge on any atom is 0.172 e. The highest BCUT2D eigenvalue weighted by Gasteiger charge is 2.49. The summed E-state index contributed by atoms with van der Waals surface area (Å²) in [4.78, 5) is 21.5. The first-order chi connectivity index (χ1) is 6.82. The van der Waals surface area contributed by atoms with E-state index in [2.05, 4.69) is 0 Å². The number of hydrogen-bond donors (Lipinski definition) is 5. The fraction of sp³-hybridized carbons (Fsp3) is 0.750. The van der Waals surface area contributed by atoms with E-state index in [4.69, 9.17) is 15.9 Å². The van der Waals surface area contributed by atoms with Crippen molar-refractivity contribution in [2.24, 2.45) is 5.73 Å². The summed E-state index contributed by atoms with van der Waals surface area (Å²) in [5, 5.41) is 36.7. The summed E-state index contributed by atoms with van der Waals surface area (Å²) >= 11 is 0. The average Bonchev–Trinajstić information content (AvgIpc) is 2.24. The maximum absolute atomic E-state index is 11.1. The molecule has 0 spiro atoms. The van der Waals surface area contributed by atoms with Crippen LogP contribution in [0.2, 0.25) is 0 Å². The highest BCUT2D eigenvalue weighted by molar-refractivity contribution is 5.90.